The van der Waals surface area contributed by atoms with Crippen molar-refractivity contribution < 1.29 is 14.3 Å². The van der Waals surface area contributed by atoms with Gasteiger partial charge in [-0.25, -0.2) is 4.79 Å². The first-order valence-corrected chi connectivity index (χ1v) is 7.39. The van der Waals surface area contributed by atoms with Gasteiger partial charge in [0, 0.05) is 59.9 Å². The summed E-state index contributed by atoms with van der Waals surface area (Å²) in [4.78, 5) is 15.4. The van der Waals surface area contributed by atoms with Gasteiger partial charge in [0.15, 0.2) is 0 Å². The summed E-state index contributed by atoms with van der Waals surface area (Å²) in [5, 5.41) is 3.59. The number of nitrogens with zero attached hydrogens (tertiary/aromatic N) is 2. The molecule has 0 radical (unpaired) electrons. The van der Waals surface area contributed by atoms with Gasteiger partial charge in [0.2, 0.25) is 0 Å². The average Bonchev–Trinajstić information content (AvgIpc) is 2.94. The van der Waals surface area contributed by atoms with E-state index in [2.05, 4.69) is 5.32 Å². The summed E-state index contributed by atoms with van der Waals surface area (Å²) in [5.74, 6) is 0. The Morgan fingerprint density at radius 2 is 2.15 bits per heavy atom. The molecule has 0 bridgehead atoms. The summed E-state index contributed by atoms with van der Waals surface area (Å²) in [6.07, 6.45) is 2.95. The number of hydrogen-bond acceptors (Lipinski definition) is 4. The molecule has 2 aliphatic heterocycles. The predicted molar refractivity (Wildman–Crippen MR) is 76.9 cm³/mol. The molecule has 1 unspecified atom stereocenters. The maximum absolute atomic E-state index is 11.9. The van der Waals surface area contributed by atoms with Crippen molar-refractivity contribution in [2.24, 2.45) is 0 Å². The molecule has 6 nitrogen and oxygen atoms in total. The van der Waals surface area contributed by atoms with Crippen LogP contribution in [-0.4, -0.2) is 81.5 Å². The van der Waals surface area contributed by atoms with E-state index in [4.69, 9.17) is 9.47 Å². The molecule has 2 aliphatic rings. The Hall–Kier alpha value is -0.850. The normalized spacial score (nSPS) is 27.9. The lowest BCUT2D eigenvalue weighted by molar-refractivity contribution is -0.0186. The molecule has 0 spiro atoms. The van der Waals surface area contributed by atoms with Gasteiger partial charge in [-0.15, -0.1) is 0 Å². The average molecular weight is 285 g/mol. The van der Waals surface area contributed by atoms with Crippen LogP contribution in [0.2, 0.25) is 0 Å². The van der Waals surface area contributed by atoms with Crippen LogP contribution in [0.25, 0.3) is 0 Å². The fourth-order valence-electron chi connectivity index (χ4n) is 2.85. The third-order valence-electron chi connectivity index (χ3n) is 4.36. The molecule has 2 amide bonds. The van der Waals surface area contributed by atoms with Crippen molar-refractivity contribution in [3.63, 3.8) is 0 Å². The topological polar surface area (TPSA) is 54.0 Å². The summed E-state index contributed by atoms with van der Waals surface area (Å²) in [7, 11) is 5.36. The second-order valence-corrected chi connectivity index (χ2v) is 6.01. The van der Waals surface area contributed by atoms with Crippen molar-refractivity contribution in [2.75, 3.05) is 54.1 Å². The number of urea groups is 1. The molecule has 0 aromatic heterocycles. The Bertz CT molecular complexity index is 322. The summed E-state index contributed by atoms with van der Waals surface area (Å²) in [6, 6.07) is 0.579. The molecule has 2 heterocycles. The molecule has 0 saturated carbocycles. The SMILES string of the molecule is COC1(CNC2CCN(C(=O)N(C)C)CC2)CCOC1. The minimum atomic E-state index is -0.156. The molecule has 6 heteroatoms. The highest BCUT2D eigenvalue weighted by molar-refractivity contribution is 5.73. The minimum Gasteiger partial charge on any atom is -0.378 e. The van der Waals surface area contributed by atoms with Crippen LogP contribution in [0.3, 0.4) is 0 Å². The number of rotatable bonds is 4. The van der Waals surface area contributed by atoms with Crippen LogP contribution >= 0.6 is 0 Å². The molecule has 0 aromatic carbocycles. The van der Waals surface area contributed by atoms with E-state index in [1.54, 1.807) is 26.1 Å². The number of likely N-dealkylation sites (tertiary alicyclic amines) is 1. The third kappa shape index (κ3) is 3.62. The lowest BCUT2D eigenvalue weighted by Crippen LogP contribution is -2.51. The minimum absolute atomic E-state index is 0.112. The molecule has 2 fully saturated rings. The molecule has 0 aliphatic carbocycles. The van der Waals surface area contributed by atoms with Crippen molar-refractivity contribution in [2.45, 2.75) is 30.9 Å². The van der Waals surface area contributed by atoms with Crippen LogP contribution < -0.4 is 5.32 Å². The smallest absolute Gasteiger partial charge is 0.319 e. The quantitative estimate of drug-likeness (QED) is 0.818. The summed E-state index contributed by atoms with van der Waals surface area (Å²) in [6.45, 7) is 3.94. The predicted octanol–water partition coefficient (Wildman–Crippen LogP) is 0.528. The van der Waals surface area contributed by atoms with Crippen LogP contribution in [0, 0.1) is 0 Å². The summed E-state index contributed by atoms with van der Waals surface area (Å²) in [5.41, 5.74) is -0.156. The zero-order valence-electron chi connectivity index (χ0n) is 12.9. The van der Waals surface area contributed by atoms with Crippen LogP contribution in [0.4, 0.5) is 4.79 Å². The van der Waals surface area contributed by atoms with E-state index in [0.29, 0.717) is 12.6 Å². The third-order valence-corrected chi connectivity index (χ3v) is 4.36. The largest absolute Gasteiger partial charge is 0.378 e. The fourth-order valence-corrected chi connectivity index (χ4v) is 2.85. The molecule has 116 valence electrons. The number of carbonyl (C=O) groups excluding carboxylic acids is 1. The van der Waals surface area contributed by atoms with Crippen LogP contribution in [-0.2, 0) is 9.47 Å². The van der Waals surface area contributed by atoms with E-state index in [1.807, 2.05) is 4.90 Å². The van der Waals surface area contributed by atoms with Gasteiger partial charge >= 0.3 is 6.03 Å². The lowest BCUT2D eigenvalue weighted by atomic mass is 10.00. The highest BCUT2D eigenvalue weighted by atomic mass is 16.5. The van der Waals surface area contributed by atoms with Gasteiger partial charge in [-0.05, 0) is 12.8 Å². The van der Waals surface area contributed by atoms with Crippen LogP contribution in [0.15, 0.2) is 0 Å². The highest BCUT2D eigenvalue weighted by Crippen LogP contribution is 2.22. The Labute approximate surface area is 121 Å². The monoisotopic (exact) mass is 285 g/mol. The Balaban J connectivity index is 1.73. The van der Waals surface area contributed by atoms with E-state index >= 15 is 0 Å². The zero-order valence-corrected chi connectivity index (χ0v) is 12.9. The number of hydrogen-bond donors (Lipinski definition) is 1. The number of ether oxygens (including phenoxy) is 2. The molecule has 2 rings (SSSR count). The van der Waals surface area contributed by atoms with Gasteiger partial charge in [0.1, 0.15) is 5.60 Å². The number of carbonyl (C=O) groups is 1. The van der Waals surface area contributed by atoms with Gasteiger partial charge in [0.25, 0.3) is 0 Å². The van der Waals surface area contributed by atoms with Crippen molar-refractivity contribution in [1.82, 2.24) is 15.1 Å². The van der Waals surface area contributed by atoms with Crippen LogP contribution in [0.1, 0.15) is 19.3 Å². The van der Waals surface area contributed by atoms with Gasteiger partial charge in [-0.3, -0.25) is 0 Å². The van der Waals surface area contributed by atoms with Crippen molar-refractivity contribution >= 4 is 6.03 Å². The summed E-state index contributed by atoms with van der Waals surface area (Å²) < 4.78 is 11.1. The molecule has 20 heavy (non-hydrogen) atoms. The highest BCUT2D eigenvalue weighted by Gasteiger charge is 2.35. The fraction of sp³-hybridized carbons (Fsp3) is 0.929. The molecular weight excluding hydrogens is 258 g/mol. The number of methoxy groups -OCH3 is 1. The Kier molecular flexibility index (Phi) is 5.23. The molecule has 1 N–H and O–H groups in total. The molecule has 0 aromatic rings. The molecular formula is C14H27N3O3. The zero-order chi connectivity index (χ0) is 14.6. The maximum Gasteiger partial charge on any atom is 0.319 e. The number of piperidine rings is 1. The lowest BCUT2D eigenvalue weighted by Gasteiger charge is -2.36. The summed E-state index contributed by atoms with van der Waals surface area (Å²) >= 11 is 0. The Morgan fingerprint density at radius 3 is 2.65 bits per heavy atom. The number of nitrogens with one attached hydrogen (secondary N) is 1. The van der Waals surface area contributed by atoms with Crippen molar-refractivity contribution in [1.29, 1.82) is 0 Å². The molecule has 1 atom stereocenters. The van der Waals surface area contributed by atoms with Crippen molar-refractivity contribution in [3.05, 3.63) is 0 Å². The van der Waals surface area contributed by atoms with Crippen LogP contribution in [0.5, 0.6) is 0 Å². The standard InChI is InChI=1S/C14H27N3O3/c1-16(2)13(18)17-7-4-12(5-8-17)15-10-14(19-3)6-9-20-11-14/h12,15H,4-11H2,1-3H3. The molecule has 2 saturated heterocycles. The van der Waals surface area contributed by atoms with Crippen molar-refractivity contribution in [3.8, 4) is 0 Å². The number of amides is 2. The van der Waals surface area contributed by atoms with E-state index in [0.717, 1.165) is 45.5 Å². The first kappa shape index (κ1) is 15.5. The van der Waals surface area contributed by atoms with Gasteiger partial charge in [0.05, 0.1) is 6.61 Å². The van der Waals surface area contributed by atoms with Gasteiger partial charge in [-0.2, -0.15) is 0 Å². The first-order chi connectivity index (χ1) is 9.56. The van der Waals surface area contributed by atoms with E-state index in [1.165, 1.54) is 0 Å². The maximum atomic E-state index is 11.9. The van der Waals surface area contributed by atoms with Gasteiger partial charge in [-0.1, -0.05) is 0 Å². The van der Waals surface area contributed by atoms with E-state index in [-0.39, 0.29) is 11.6 Å². The van der Waals surface area contributed by atoms with Gasteiger partial charge < -0.3 is 24.6 Å². The second kappa shape index (κ2) is 6.74. The van der Waals surface area contributed by atoms with E-state index < -0.39 is 0 Å². The first-order valence-electron chi connectivity index (χ1n) is 7.39. The Morgan fingerprint density at radius 1 is 1.45 bits per heavy atom. The van der Waals surface area contributed by atoms with E-state index in [9.17, 15) is 4.79 Å². The second-order valence-electron chi connectivity index (χ2n) is 6.01.